The van der Waals surface area contributed by atoms with Crippen LogP contribution < -0.4 is 11.1 Å². The summed E-state index contributed by atoms with van der Waals surface area (Å²) in [6, 6.07) is 16.8. The number of hydrogen-bond acceptors (Lipinski definition) is 5. The van der Waals surface area contributed by atoms with Crippen molar-refractivity contribution in [3.05, 3.63) is 70.5 Å². The molecule has 5 rings (SSSR count). The number of fused-ring (bicyclic) bond motifs is 1. The first-order chi connectivity index (χ1) is 14.6. The summed E-state index contributed by atoms with van der Waals surface area (Å²) in [5.41, 5.74) is 13.7. The smallest absolute Gasteiger partial charge is 0.165 e. The molecule has 0 saturated carbocycles. The predicted molar refractivity (Wildman–Crippen MR) is 125 cm³/mol. The number of halogens is 1. The Labute approximate surface area is 183 Å². The number of anilines is 1. The van der Waals surface area contributed by atoms with Crippen LogP contribution in [0.1, 0.15) is 23.5 Å². The Morgan fingerprint density at radius 2 is 1.93 bits per heavy atom. The van der Waals surface area contributed by atoms with Crippen molar-refractivity contribution in [3.63, 3.8) is 0 Å². The average Bonchev–Trinajstić information content (AvgIpc) is 3.27. The summed E-state index contributed by atoms with van der Waals surface area (Å²) in [4.78, 5) is 13.6. The van der Waals surface area contributed by atoms with Gasteiger partial charge in [-0.15, -0.1) is 0 Å². The zero-order chi connectivity index (χ0) is 20.7. The number of nitrogens with one attached hydrogen (secondary N) is 1. The predicted octanol–water partition coefficient (Wildman–Crippen LogP) is 5.09. The summed E-state index contributed by atoms with van der Waals surface area (Å²) < 4.78 is 1.01. The average molecular weight is 460 g/mol. The van der Waals surface area contributed by atoms with E-state index in [-0.39, 0.29) is 0 Å². The minimum atomic E-state index is 0.443. The van der Waals surface area contributed by atoms with Gasteiger partial charge in [-0.1, -0.05) is 46.3 Å². The summed E-state index contributed by atoms with van der Waals surface area (Å²) in [6.07, 6.45) is 2.62. The van der Waals surface area contributed by atoms with Gasteiger partial charge in [-0.25, -0.2) is 15.0 Å². The number of benzene rings is 2. The highest BCUT2D eigenvalue weighted by atomic mass is 79.9. The van der Waals surface area contributed by atoms with E-state index in [0.29, 0.717) is 17.4 Å². The fourth-order valence-electron chi connectivity index (χ4n) is 4.46. The fraction of sp³-hybridized carbons (Fsp3) is 0.208. The van der Waals surface area contributed by atoms with Crippen LogP contribution in [-0.4, -0.2) is 28.0 Å². The SMILES string of the molecule is Cc1cccc(-c2cc(-c3cccc(Br)c3)c3c(N)ncnc3n2)c1C1CCNC1. The number of aryl methyl sites for hydroxylation is 1. The van der Waals surface area contributed by atoms with Gasteiger partial charge in [-0.05, 0) is 66.3 Å². The number of nitrogens with zero attached hydrogens (tertiary/aromatic N) is 3. The van der Waals surface area contributed by atoms with E-state index in [0.717, 1.165) is 46.2 Å². The molecule has 1 aliphatic heterocycles. The number of pyridine rings is 1. The van der Waals surface area contributed by atoms with E-state index in [1.165, 1.54) is 23.0 Å². The maximum atomic E-state index is 6.26. The van der Waals surface area contributed by atoms with Crippen molar-refractivity contribution in [2.45, 2.75) is 19.3 Å². The lowest BCUT2D eigenvalue weighted by Gasteiger charge is -2.19. The molecule has 2 aromatic heterocycles. The van der Waals surface area contributed by atoms with E-state index in [1.807, 2.05) is 12.1 Å². The van der Waals surface area contributed by atoms with Crippen molar-refractivity contribution >= 4 is 32.8 Å². The molecule has 0 bridgehead atoms. The van der Waals surface area contributed by atoms with Crippen LogP contribution in [0.4, 0.5) is 5.82 Å². The molecule has 1 fully saturated rings. The van der Waals surface area contributed by atoms with Crippen LogP contribution in [0.25, 0.3) is 33.4 Å². The molecule has 3 heterocycles. The Kier molecular flexibility index (Phi) is 4.97. The molecule has 1 atom stereocenters. The molecule has 1 unspecified atom stereocenters. The van der Waals surface area contributed by atoms with Crippen LogP contribution in [0.5, 0.6) is 0 Å². The number of nitrogen functional groups attached to an aromatic ring is 1. The highest BCUT2D eigenvalue weighted by Gasteiger charge is 2.23. The Morgan fingerprint density at radius 1 is 1.07 bits per heavy atom. The van der Waals surface area contributed by atoms with E-state index in [1.54, 1.807) is 0 Å². The zero-order valence-corrected chi connectivity index (χ0v) is 18.3. The van der Waals surface area contributed by atoms with Gasteiger partial charge in [-0.3, -0.25) is 0 Å². The van der Waals surface area contributed by atoms with Crippen molar-refractivity contribution in [1.29, 1.82) is 0 Å². The summed E-state index contributed by atoms with van der Waals surface area (Å²) in [7, 11) is 0. The molecule has 0 spiro atoms. The lowest BCUT2D eigenvalue weighted by molar-refractivity contribution is 0.759. The number of hydrogen-bond donors (Lipinski definition) is 2. The van der Waals surface area contributed by atoms with E-state index in [4.69, 9.17) is 10.7 Å². The monoisotopic (exact) mass is 459 g/mol. The first kappa shape index (κ1) is 19.2. The van der Waals surface area contributed by atoms with E-state index < -0.39 is 0 Å². The summed E-state index contributed by atoms with van der Waals surface area (Å²) in [6.45, 7) is 4.24. The highest BCUT2D eigenvalue weighted by Crippen LogP contribution is 2.38. The quantitative estimate of drug-likeness (QED) is 0.446. The maximum absolute atomic E-state index is 6.26. The van der Waals surface area contributed by atoms with Gasteiger partial charge in [-0.2, -0.15) is 0 Å². The van der Waals surface area contributed by atoms with Crippen LogP contribution in [0.15, 0.2) is 59.3 Å². The molecule has 5 nitrogen and oxygen atoms in total. The second-order valence-electron chi connectivity index (χ2n) is 7.75. The van der Waals surface area contributed by atoms with E-state index in [9.17, 15) is 0 Å². The first-order valence-electron chi connectivity index (χ1n) is 10.1. The van der Waals surface area contributed by atoms with Crippen molar-refractivity contribution in [2.24, 2.45) is 0 Å². The zero-order valence-electron chi connectivity index (χ0n) is 16.7. The van der Waals surface area contributed by atoms with E-state index >= 15 is 0 Å². The topological polar surface area (TPSA) is 76.7 Å². The Morgan fingerprint density at radius 3 is 2.73 bits per heavy atom. The summed E-state index contributed by atoms with van der Waals surface area (Å²) >= 11 is 3.59. The molecule has 0 radical (unpaired) electrons. The van der Waals surface area contributed by atoms with Crippen LogP contribution >= 0.6 is 15.9 Å². The van der Waals surface area contributed by atoms with Gasteiger partial charge in [0, 0.05) is 16.6 Å². The third-order valence-corrected chi connectivity index (χ3v) is 6.33. The molecule has 3 N–H and O–H groups in total. The summed E-state index contributed by atoms with van der Waals surface area (Å²) in [5.74, 6) is 0.932. The van der Waals surface area contributed by atoms with Crippen LogP contribution in [0, 0.1) is 6.92 Å². The number of rotatable bonds is 3. The molecule has 1 saturated heterocycles. The molecule has 4 aromatic rings. The van der Waals surface area contributed by atoms with Crippen molar-refractivity contribution in [2.75, 3.05) is 18.8 Å². The second-order valence-corrected chi connectivity index (χ2v) is 8.66. The van der Waals surface area contributed by atoms with Crippen LogP contribution in [0.2, 0.25) is 0 Å². The lowest BCUT2D eigenvalue weighted by Crippen LogP contribution is -2.10. The largest absolute Gasteiger partial charge is 0.383 e. The highest BCUT2D eigenvalue weighted by molar-refractivity contribution is 9.10. The molecule has 150 valence electrons. The molecule has 0 aliphatic carbocycles. The number of nitrogens with two attached hydrogens (primary N) is 1. The standard InChI is InChI=1S/C24H22BrN5/c1-14-4-2-7-18(21(14)16-8-9-27-12-16)20-11-19(15-5-3-6-17(25)10-15)22-23(26)28-13-29-24(22)30-20/h2-7,10-11,13,16,27H,8-9,12H2,1H3,(H2,26,28,29,30). The maximum Gasteiger partial charge on any atom is 0.165 e. The van der Waals surface area contributed by atoms with Crippen molar-refractivity contribution in [1.82, 2.24) is 20.3 Å². The number of aromatic nitrogens is 3. The normalized spacial score (nSPS) is 16.3. The molecule has 0 amide bonds. The van der Waals surface area contributed by atoms with Gasteiger partial charge >= 0.3 is 0 Å². The molecule has 2 aromatic carbocycles. The van der Waals surface area contributed by atoms with Gasteiger partial charge in [0.1, 0.15) is 12.1 Å². The third kappa shape index (κ3) is 3.36. The molecular weight excluding hydrogens is 438 g/mol. The minimum absolute atomic E-state index is 0.443. The van der Waals surface area contributed by atoms with E-state index in [2.05, 4.69) is 74.5 Å². The molecular formula is C24H22BrN5. The van der Waals surface area contributed by atoms with Gasteiger partial charge in [0.05, 0.1) is 11.1 Å². The van der Waals surface area contributed by atoms with Gasteiger partial charge in [0.15, 0.2) is 5.65 Å². The Bertz CT molecular complexity index is 1250. The van der Waals surface area contributed by atoms with Crippen LogP contribution in [0.3, 0.4) is 0 Å². The third-order valence-electron chi connectivity index (χ3n) is 5.84. The van der Waals surface area contributed by atoms with Gasteiger partial charge < -0.3 is 11.1 Å². The van der Waals surface area contributed by atoms with Crippen molar-refractivity contribution in [3.8, 4) is 22.4 Å². The molecule has 1 aliphatic rings. The fourth-order valence-corrected chi connectivity index (χ4v) is 4.86. The molecule has 30 heavy (non-hydrogen) atoms. The van der Waals surface area contributed by atoms with Crippen molar-refractivity contribution < 1.29 is 0 Å². The molecule has 6 heteroatoms. The van der Waals surface area contributed by atoms with Gasteiger partial charge in [0.2, 0.25) is 0 Å². The Balaban J connectivity index is 1.79. The first-order valence-corrected chi connectivity index (χ1v) is 10.9. The summed E-state index contributed by atoms with van der Waals surface area (Å²) in [5, 5.41) is 4.28. The minimum Gasteiger partial charge on any atom is -0.383 e. The van der Waals surface area contributed by atoms with Crippen LogP contribution in [-0.2, 0) is 0 Å². The second kappa shape index (κ2) is 7.78. The Hall–Kier alpha value is -2.83. The van der Waals surface area contributed by atoms with Gasteiger partial charge in [0.25, 0.3) is 0 Å². The lowest BCUT2D eigenvalue weighted by atomic mass is 9.87.